The van der Waals surface area contributed by atoms with Crippen LogP contribution in [0.15, 0.2) is 36.4 Å². The van der Waals surface area contributed by atoms with E-state index in [2.05, 4.69) is 27.7 Å². The molecule has 0 radical (unpaired) electrons. The highest BCUT2D eigenvalue weighted by atomic mass is 16.5. The summed E-state index contributed by atoms with van der Waals surface area (Å²) in [5, 5.41) is 21.5. The van der Waals surface area contributed by atoms with E-state index in [9.17, 15) is 15.0 Å². The van der Waals surface area contributed by atoms with Crippen molar-refractivity contribution >= 4 is 5.97 Å². The Morgan fingerprint density at radius 1 is 1.00 bits per heavy atom. The summed E-state index contributed by atoms with van der Waals surface area (Å²) in [5.41, 5.74) is 3.84. The third-order valence-electron chi connectivity index (χ3n) is 5.94. The van der Waals surface area contributed by atoms with Gasteiger partial charge in [0.05, 0.1) is 12.7 Å². The fraction of sp³-hybridized carbons (Fsp3) is 0.435. The van der Waals surface area contributed by atoms with Crippen molar-refractivity contribution in [1.82, 2.24) is 0 Å². The summed E-state index contributed by atoms with van der Waals surface area (Å²) in [6.07, 6.45) is 1.15. The smallest absolute Gasteiger partial charge is 0.337 e. The topological polar surface area (TPSA) is 66.8 Å². The van der Waals surface area contributed by atoms with Gasteiger partial charge in [0.15, 0.2) is 0 Å². The number of fused-ring (bicyclic) bond motifs is 1. The largest absolute Gasteiger partial charge is 0.508 e. The van der Waals surface area contributed by atoms with E-state index in [0.717, 1.165) is 18.4 Å². The summed E-state index contributed by atoms with van der Waals surface area (Å²) < 4.78 is 4.70. The second kappa shape index (κ2) is 6.68. The lowest BCUT2D eigenvalue weighted by molar-refractivity contribution is 0.0600. The molecule has 2 aromatic carbocycles. The van der Waals surface area contributed by atoms with E-state index in [1.54, 1.807) is 24.3 Å². The van der Waals surface area contributed by atoms with Gasteiger partial charge in [-0.3, -0.25) is 0 Å². The van der Waals surface area contributed by atoms with Crippen LogP contribution in [0.1, 0.15) is 79.3 Å². The number of phenolic OH excluding ortho intramolecular Hbond substituents is 1. The lowest BCUT2D eigenvalue weighted by atomic mass is 9.62. The standard InChI is InChI=1S/C23H28O4/c1-22(2)10-11-23(3,4)18-13-19(24)16(12-17(18)22)20(25)14-6-8-15(9-7-14)21(26)27-5/h6-9,12-13,20,24-25H,10-11H2,1-5H3. The molecule has 144 valence electrons. The van der Waals surface area contributed by atoms with E-state index in [1.807, 2.05) is 12.1 Å². The molecule has 3 rings (SSSR count). The lowest BCUT2D eigenvalue weighted by Crippen LogP contribution is -2.34. The Bertz CT molecular complexity index is 863. The van der Waals surface area contributed by atoms with Crippen molar-refractivity contribution in [2.75, 3.05) is 7.11 Å². The maximum Gasteiger partial charge on any atom is 0.337 e. The van der Waals surface area contributed by atoms with Crippen LogP contribution in [0.4, 0.5) is 0 Å². The van der Waals surface area contributed by atoms with Crippen molar-refractivity contribution < 1.29 is 19.7 Å². The Morgan fingerprint density at radius 2 is 1.52 bits per heavy atom. The molecule has 4 heteroatoms. The van der Waals surface area contributed by atoms with Gasteiger partial charge in [-0.2, -0.15) is 0 Å². The van der Waals surface area contributed by atoms with Crippen molar-refractivity contribution in [3.05, 3.63) is 64.2 Å². The number of ether oxygens (including phenoxy) is 1. The molecule has 2 aromatic rings. The van der Waals surface area contributed by atoms with Gasteiger partial charge in [0.1, 0.15) is 11.9 Å². The normalized spacial score (nSPS) is 18.4. The molecule has 1 aliphatic carbocycles. The zero-order chi connectivity index (χ0) is 20.0. The van der Waals surface area contributed by atoms with Crippen LogP contribution < -0.4 is 0 Å². The monoisotopic (exact) mass is 368 g/mol. The zero-order valence-electron chi connectivity index (χ0n) is 16.7. The summed E-state index contributed by atoms with van der Waals surface area (Å²) in [5.74, 6) is -0.319. The third kappa shape index (κ3) is 3.46. The van der Waals surface area contributed by atoms with Crippen molar-refractivity contribution in [2.45, 2.75) is 57.5 Å². The molecular formula is C23H28O4. The molecule has 0 bridgehead atoms. The minimum absolute atomic E-state index is 0.00597. The SMILES string of the molecule is COC(=O)c1ccc(C(O)c2cc3c(cc2O)C(C)(C)CCC3(C)C)cc1. The predicted octanol–water partition coefficient (Wildman–Crippen LogP) is 4.61. The second-order valence-electron chi connectivity index (χ2n) is 8.74. The number of esters is 1. The van der Waals surface area contributed by atoms with Crippen LogP contribution in [0.5, 0.6) is 5.75 Å². The van der Waals surface area contributed by atoms with Crippen molar-refractivity contribution in [3.63, 3.8) is 0 Å². The first-order chi connectivity index (χ1) is 12.6. The zero-order valence-corrected chi connectivity index (χ0v) is 16.7. The highest BCUT2D eigenvalue weighted by Crippen LogP contribution is 2.48. The number of carbonyl (C=O) groups excluding carboxylic acids is 1. The Balaban J connectivity index is 2.03. The quantitative estimate of drug-likeness (QED) is 0.777. The van der Waals surface area contributed by atoms with Gasteiger partial charge < -0.3 is 14.9 Å². The molecule has 2 N–H and O–H groups in total. The van der Waals surface area contributed by atoms with E-state index in [0.29, 0.717) is 16.7 Å². The highest BCUT2D eigenvalue weighted by Gasteiger charge is 2.38. The number of benzene rings is 2. The van der Waals surface area contributed by atoms with Crippen LogP contribution in [0.2, 0.25) is 0 Å². The molecule has 27 heavy (non-hydrogen) atoms. The predicted molar refractivity (Wildman–Crippen MR) is 105 cm³/mol. The van der Waals surface area contributed by atoms with Gasteiger partial charge in [-0.25, -0.2) is 4.79 Å². The molecule has 0 spiro atoms. The summed E-state index contributed by atoms with van der Waals surface area (Å²) in [7, 11) is 1.33. The van der Waals surface area contributed by atoms with Gasteiger partial charge >= 0.3 is 5.97 Å². The molecule has 0 saturated carbocycles. The fourth-order valence-electron chi connectivity index (χ4n) is 3.94. The number of aliphatic hydroxyl groups excluding tert-OH is 1. The summed E-state index contributed by atoms with van der Waals surface area (Å²) >= 11 is 0. The Kier molecular flexibility index (Phi) is 4.81. The van der Waals surface area contributed by atoms with Crippen molar-refractivity contribution in [3.8, 4) is 5.75 Å². The molecule has 4 nitrogen and oxygen atoms in total. The summed E-state index contributed by atoms with van der Waals surface area (Å²) in [6.45, 7) is 8.81. The van der Waals surface area contributed by atoms with Crippen LogP contribution >= 0.6 is 0 Å². The first-order valence-corrected chi connectivity index (χ1v) is 9.31. The lowest BCUT2D eigenvalue weighted by Gasteiger charge is -2.42. The minimum atomic E-state index is -0.970. The van der Waals surface area contributed by atoms with E-state index < -0.39 is 12.1 Å². The summed E-state index contributed by atoms with van der Waals surface area (Å²) in [4.78, 5) is 11.6. The van der Waals surface area contributed by atoms with E-state index in [-0.39, 0.29) is 16.6 Å². The number of rotatable bonds is 3. The minimum Gasteiger partial charge on any atom is -0.508 e. The molecule has 0 amide bonds. The number of carbonyl (C=O) groups is 1. The number of phenols is 1. The maximum atomic E-state index is 11.6. The number of hydrogen-bond donors (Lipinski definition) is 2. The van der Waals surface area contributed by atoms with Gasteiger partial charge in [-0.05, 0) is 64.6 Å². The number of hydrogen-bond acceptors (Lipinski definition) is 4. The van der Waals surface area contributed by atoms with Gasteiger partial charge in [0, 0.05) is 5.56 Å². The Hall–Kier alpha value is -2.33. The van der Waals surface area contributed by atoms with Crippen molar-refractivity contribution in [2.24, 2.45) is 0 Å². The molecule has 0 heterocycles. The second-order valence-corrected chi connectivity index (χ2v) is 8.74. The van der Waals surface area contributed by atoms with Gasteiger partial charge in [0.25, 0.3) is 0 Å². The van der Waals surface area contributed by atoms with Crippen LogP contribution in [0.25, 0.3) is 0 Å². The number of aromatic hydroxyl groups is 1. The molecular weight excluding hydrogens is 340 g/mol. The number of aliphatic hydroxyl groups is 1. The van der Waals surface area contributed by atoms with Crippen molar-refractivity contribution in [1.29, 1.82) is 0 Å². The van der Waals surface area contributed by atoms with Gasteiger partial charge in [-0.15, -0.1) is 0 Å². The van der Waals surface area contributed by atoms with Gasteiger partial charge in [-0.1, -0.05) is 39.8 Å². The average molecular weight is 368 g/mol. The van der Waals surface area contributed by atoms with Crippen LogP contribution in [-0.2, 0) is 15.6 Å². The fourth-order valence-corrected chi connectivity index (χ4v) is 3.94. The molecule has 1 atom stereocenters. The van der Waals surface area contributed by atoms with Gasteiger partial charge in [0.2, 0.25) is 0 Å². The van der Waals surface area contributed by atoms with Crippen LogP contribution in [-0.4, -0.2) is 23.3 Å². The first kappa shape index (κ1) is 19.4. The van der Waals surface area contributed by atoms with E-state index in [1.165, 1.54) is 12.7 Å². The molecule has 0 aromatic heterocycles. The summed E-state index contributed by atoms with van der Waals surface area (Å²) in [6, 6.07) is 10.4. The van der Waals surface area contributed by atoms with E-state index in [4.69, 9.17) is 4.74 Å². The Morgan fingerprint density at radius 3 is 2.04 bits per heavy atom. The van der Waals surface area contributed by atoms with Crippen LogP contribution in [0.3, 0.4) is 0 Å². The Labute approximate surface area is 160 Å². The molecule has 1 unspecified atom stereocenters. The molecule has 0 aliphatic heterocycles. The molecule has 0 fully saturated rings. The first-order valence-electron chi connectivity index (χ1n) is 9.31. The molecule has 1 aliphatic rings. The average Bonchev–Trinajstić information content (AvgIpc) is 2.64. The molecule has 0 saturated heterocycles. The number of methoxy groups -OCH3 is 1. The maximum absolute atomic E-state index is 11.6. The highest BCUT2D eigenvalue weighted by molar-refractivity contribution is 5.89. The third-order valence-corrected chi connectivity index (χ3v) is 5.94. The van der Waals surface area contributed by atoms with E-state index >= 15 is 0 Å². The van der Waals surface area contributed by atoms with Crippen LogP contribution in [0, 0.1) is 0 Å².